The highest BCUT2D eigenvalue weighted by atomic mass is 127. The van der Waals surface area contributed by atoms with Crippen LogP contribution in [0.1, 0.15) is 32.5 Å². The molecule has 5 nitrogen and oxygen atoms in total. The van der Waals surface area contributed by atoms with Crippen molar-refractivity contribution in [1.82, 2.24) is 20.2 Å². The highest BCUT2D eigenvalue weighted by Gasteiger charge is 2.06. The standard InChI is InChI=1S/C16H25N5.HI/c1-4-6-11-18-16(17-5-2)19-12-15-20-13-9-7-8-10-14(13)21(15)3;/h7-10H,4-6,11-12H2,1-3H3,(H2,17,18,19);1H. The molecule has 0 saturated carbocycles. The van der Waals surface area contributed by atoms with Crippen molar-refractivity contribution in [3.8, 4) is 0 Å². The highest BCUT2D eigenvalue weighted by Crippen LogP contribution is 2.14. The van der Waals surface area contributed by atoms with Crippen molar-refractivity contribution in [3.63, 3.8) is 0 Å². The van der Waals surface area contributed by atoms with Crippen molar-refractivity contribution in [2.75, 3.05) is 13.1 Å². The molecule has 0 radical (unpaired) electrons. The number of unbranched alkanes of at least 4 members (excludes halogenated alkanes) is 1. The largest absolute Gasteiger partial charge is 0.357 e. The molecule has 2 N–H and O–H groups in total. The predicted octanol–water partition coefficient (Wildman–Crippen LogP) is 3.05. The Kier molecular flexibility index (Phi) is 8.22. The minimum Gasteiger partial charge on any atom is -0.357 e. The molecule has 122 valence electrons. The zero-order valence-corrected chi connectivity index (χ0v) is 15.9. The van der Waals surface area contributed by atoms with E-state index in [-0.39, 0.29) is 24.0 Å². The molecule has 0 aliphatic heterocycles. The average Bonchev–Trinajstić information content (AvgIpc) is 2.82. The summed E-state index contributed by atoms with van der Waals surface area (Å²) in [4.78, 5) is 9.26. The summed E-state index contributed by atoms with van der Waals surface area (Å²) in [5.41, 5.74) is 2.17. The second kappa shape index (κ2) is 9.66. The van der Waals surface area contributed by atoms with Gasteiger partial charge in [0.1, 0.15) is 12.4 Å². The molecule has 0 bridgehead atoms. The Balaban J connectivity index is 0.00000242. The summed E-state index contributed by atoms with van der Waals surface area (Å²) < 4.78 is 2.11. The number of imidazole rings is 1. The fourth-order valence-corrected chi connectivity index (χ4v) is 2.21. The first-order chi connectivity index (χ1) is 10.3. The highest BCUT2D eigenvalue weighted by molar-refractivity contribution is 14.0. The number of aliphatic imine (C=N–C) groups is 1. The Morgan fingerprint density at radius 2 is 2.00 bits per heavy atom. The summed E-state index contributed by atoms with van der Waals surface area (Å²) in [5, 5.41) is 6.61. The van der Waals surface area contributed by atoms with Crippen molar-refractivity contribution in [2.24, 2.45) is 12.0 Å². The van der Waals surface area contributed by atoms with Gasteiger partial charge in [-0.1, -0.05) is 25.5 Å². The molecule has 2 rings (SSSR count). The normalized spacial score (nSPS) is 11.3. The number of rotatable bonds is 6. The third-order valence-corrected chi connectivity index (χ3v) is 3.43. The first-order valence-corrected chi connectivity index (χ1v) is 7.68. The minimum atomic E-state index is 0. The van der Waals surface area contributed by atoms with E-state index in [9.17, 15) is 0 Å². The third-order valence-electron chi connectivity index (χ3n) is 3.43. The summed E-state index contributed by atoms with van der Waals surface area (Å²) >= 11 is 0. The summed E-state index contributed by atoms with van der Waals surface area (Å²) in [6, 6.07) is 8.17. The van der Waals surface area contributed by atoms with Gasteiger partial charge in [-0.25, -0.2) is 9.98 Å². The molecular formula is C16H26IN5. The fraction of sp³-hybridized carbons (Fsp3) is 0.500. The number of nitrogens with one attached hydrogen (secondary N) is 2. The minimum absolute atomic E-state index is 0. The van der Waals surface area contributed by atoms with Crippen molar-refractivity contribution >= 4 is 41.0 Å². The molecule has 22 heavy (non-hydrogen) atoms. The predicted molar refractivity (Wildman–Crippen MR) is 104 cm³/mol. The van der Waals surface area contributed by atoms with Crippen LogP contribution in [0, 0.1) is 0 Å². The van der Waals surface area contributed by atoms with Gasteiger partial charge in [0.15, 0.2) is 5.96 Å². The molecule has 0 aliphatic carbocycles. The van der Waals surface area contributed by atoms with E-state index in [4.69, 9.17) is 0 Å². The quantitative estimate of drug-likeness (QED) is 0.330. The van der Waals surface area contributed by atoms with Crippen LogP contribution < -0.4 is 10.6 Å². The second-order valence-corrected chi connectivity index (χ2v) is 5.05. The number of aromatic nitrogens is 2. The van der Waals surface area contributed by atoms with Gasteiger partial charge in [0.05, 0.1) is 11.0 Å². The van der Waals surface area contributed by atoms with Crippen LogP contribution in [0.2, 0.25) is 0 Å². The van der Waals surface area contributed by atoms with E-state index in [0.29, 0.717) is 6.54 Å². The van der Waals surface area contributed by atoms with E-state index in [2.05, 4.69) is 45.1 Å². The van der Waals surface area contributed by atoms with Crippen LogP contribution in [0.15, 0.2) is 29.3 Å². The number of nitrogens with zero attached hydrogens (tertiary/aromatic N) is 3. The fourth-order valence-electron chi connectivity index (χ4n) is 2.21. The summed E-state index contributed by atoms with van der Waals surface area (Å²) in [6.07, 6.45) is 2.33. The van der Waals surface area contributed by atoms with Gasteiger partial charge in [0.2, 0.25) is 0 Å². The topological polar surface area (TPSA) is 54.2 Å². The third kappa shape index (κ3) is 4.86. The molecule has 0 atom stereocenters. The lowest BCUT2D eigenvalue weighted by atomic mass is 10.3. The lowest BCUT2D eigenvalue weighted by Gasteiger charge is -2.10. The van der Waals surface area contributed by atoms with Gasteiger partial charge in [-0.3, -0.25) is 0 Å². The van der Waals surface area contributed by atoms with E-state index in [1.54, 1.807) is 0 Å². The van der Waals surface area contributed by atoms with Crippen molar-refractivity contribution < 1.29 is 0 Å². The van der Waals surface area contributed by atoms with E-state index in [1.807, 2.05) is 25.2 Å². The Bertz CT molecular complexity index is 606. The van der Waals surface area contributed by atoms with Crippen LogP contribution in [0.4, 0.5) is 0 Å². The molecule has 0 unspecified atom stereocenters. The Labute approximate surface area is 149 Å². The smallest absolute Gasteiger partial charge is 0.191 e. The molecule has 2 aromatic rings. The van der Waals surface area contributed by atoms with Crippen LogP contribution in [-0.4, -0.2) is 28.6 Å². The van der Waals surface area contributed by atoms with Crippen molar-refractivity contribution in [1.29, 1.82) is 0 Å². The van der Waals surface area contributed by atoms with Crippen LogP contribution in [0.5, 0.6) is 0 Å². The maximum absolute atomic E-state index is 4.64. The second-order valence-electron chi connectivity index (χ2n) is 5.05. The van der Waals surface area contributed by atoms with Gasteiger partial charge >= 0.3 is 0 Å². The van der Waals surface area contributed by atoms with Crippen LogP contribution in [0.25, 0.3) is 11.0 Å². The van der Waals surface area contributed by atoms with Crippen LogP contribution in [0.3, 0.4) is 0 Å². The van der Waals surface area contributed by atoms with Gasteiger partial charge in [0, 0.05) is 20.1 Å². The first-order valence-electron chi connectivity index (χ1n) is 7.68. The van der Waals surface area contributed by atoms with Gasteiger partial charge in [0.25, 0.3) is 0 Å². The van der Waals surface area contributed by atoms with Crippen LogP contribution >= 0.6 is 24.0 Å². The number of benzene rings is 1. The number of para-hydroxylation sites is 2. The molecule has 1 aromatic heterocycles. The summed E-state index contributed by atoms with van der Waals surface area (Å²) in [5.74, 6) is 1.84. The Hall–Kier alpha value is -1.31. The number of guanidine groups is 1. The van der Waals surface area contributed by atoms with Crippen LogP contribution in [-0.2, 0) is 13.6 Å². The molecule has 0 spiro atoms. The Morgan fingerprint density at radius 3 is 2.68 bits per heavy atom. The van der Waals surface area contributed by atoms with Gasteiger partial charge in [-0.2, -0.15) is 0 Å². The average molecular weight is 415 g/mol. The molecule has 0 fully saturated rings. The molecular weight excluding hydrogens is 389 g/mol. The van der Waals surface area contributed by atoms with Gasteiger partial charge in [-0.15, -0.1) is 24.0 Å². The van der Waals surface area contributed by atoms with Crippen molar-refractivity contribution in [3.05, 3.63) is 30.1 Å². The Morgan fingerprint density at radius 1 is 1.23 bits per heavy atom. The van der Waals surface area contributed by atoms with E-state index < -0.39 is 0 Å². The number of aryl methyl sites for hydroxylation is 1. The van der Waals surface area contributed by atoms with E-state index in [0.717, 1.165) is 42.3 Å². The lowest BCUT2D eigenvalue weighted by molar-refractivity contribution is 0.724. The van der Waals surface area contributed by atoms with Gasteiger partial charge < -0.3 is 15.2 Å². The number of halogens is 1. The molecule has 1 aromatic carbocycles. The molecule has 1 heterocycles. The molecule has 0 aliphatic rings. The monoisotopic (exact) mass is 415 g/mol. The first kappa shape index (κ1) is 18.7. The van der Waals surface area contributed by atoms with Crippen molar-refractivity contribution in [2.45, 2.75) is 33.2 Å². The maximum atomic E-state index is 4.64. The number of fused-ring (bicyclic) bond motifs is 1. The maximum Gasteiger partial charge on any atom is 0.191 e. The van der Waals surface area contributed by atoms with E-state index in [1.165, 1.54) is 6.42 Å². The number of hydrogen-bond acceptors (Lipinski definition) is 2. The zero-order valence-electron chi connectivity index (χ0n) is 13.6. The molecule has 0 amide bonds. The summed E-state index contributed by atoms with van der Waals surface area (Å²) in [6.45, 7) is 6.65. The number of hydrogen-bond donors (Lipinski definition) is 2. The van der Waals surface area contributed by atoms with Gasteiger partial charge in [-0.05, 0) is 25.5 Å². The summed E-state index contributed by atoms with van der Waals surface area (Å²) in [7, 11) is 2.04. The van der Waals surface area contributed by atoms with E-state index >= 15 is 0 Å². The molecule has 6 heteroatoms. The molecule has 0 saturated heterocycles. The zero-order chi connectivity index (χ0) is 15.1. The SMILES string of the molecule is CCCCNC(=NCc1nc2ccccc2n1C)NCC.I. The lowest BCUT2D eigenvalue weighted by Crippen LogP contribution is -2.37.